The Kier molecular flexibility index (Phi) is 4.54. The quantitative estimate of drug-likeness (QED) is 0.811. The van der Waals surface area contributed by atoms with Crippen LogP contribution in [0.3, 0.4) is 0 Å². The molecule has 8 nitrogen and oxygen atoms in total. The number of aryl methyl sites for hydroxylation is 1. The molecule has 0 spiro atoms. The highest BCUT2D eigenvalue weighted by molar-refractivity contribution is 7.86. The van der Waals surface area contributed by atoms with Crippen LogP contribution in [-0.4, -0.2) is 78.0 Å². The number of anilines is 1. The van der Waals surface area contributed by atoms with E-state index in [1.807, 2.05) is 13.0 Å². The third-order valence-electron chi connectivity index (χ3n) is 5.11. The second-order valence-corrected chi connectivity index (χ2v) is 9.00. The standard InChI is InChI=1S/C15H25N5O3S/c1-12-16-7-4-14(17-12)19-8-5-15(21)6-9-20(11-13(15)10-19)24(22,23)18(2)3/h4,7,13,21H,5-6,8-11H2,1-3H3/t13-,15-/m0/s1. The van der Waals surface area contributed by atoms with E-state index in [1.54, 1.807) is 6.20 Å². The summed E-state index contributed by atoms with van der Waals surface area (Å²) >= 11 is 0. The van der Waals surface area contributed by atoms with E-state index in [1.165, 1.54) is 22.7 Å². The lowest BCUT2D eigenvalue weighted by atomic mass is 9.76. The Bertz CT molecular complexity index is 711. The molecule has 2 saturated heterocycles. The smallest absolute Gasteiger partial charge is 0.281 e. The number of nitrogens with zero attached hydrogens (tertiary/aromatic N) is 5. The van der Waals surface area contributed by atoms with Crippen LogP contribution in [0.15, 0.2) is 12.3 Å². The van der Waals surface area contributed by atoms with E-state index in [9.17, 15) is 13.5 Å². The van der Waals surface area contributed by atoms with Crippen LogP contribution < -0.4 is 4.90 Å². The van der Waals surface area contributed by atoms with E-state index in [2.05, 4.69) is 14.9 Å². The topological polar surface area (TPSA) is 89.9 Å². The molecular weight excluding hydrogens is 330 g/mol. The van der Waals surface area contributed by atoms with E-state index in [0.717, 1.165) is 5.82 Å². The van der Waals surface area contributed by atoms with Crippen molar-refractivity contribution >= 4 is 16.0 Å². The van der Waals surface area contributed by atoms with Gasteiger partial charge in [-0.1, -0.05) is 0 Å². The Labute approximate surface area is 143 Å². The maximum Gasteiger partial charge on any atom is 0.281 e. The van der Waals surface area contributed by atoms with Crippen molar-refractivity contribution in [2.45, 2.75) is 25.4 Å². The molecule has 2 aliphatic rings. The Hall–Kier alpha value is -1.29. The minimum Gasteiger partial charge on any atom is -0.389 e. The molecule has 0 bridgehead atoms. The van der Waals surface area contributed by atoms with Crippen molar-refractivity contribution in [2.75, 3.05) is 45.2 Å². The van der Waals surface area contributed by atoms with Crippen LogP contribution in [0.1, 0.15) is 18.7 Å². The molecule has 0 unspecified atom stereocenters. The number of hydrogen-bond acceptors (Lipinski definition) is 6. The van der Waals surface area contributed by atoms with Gasteiger partial charge in [0.05, 0.1) is 5.60 Å². The summed E-state index contributed by atoms with van der Waals surface area (Å²) in [5.41, 5.74) is -0.795. The average Bonchev–Trinajstić information content (AvgIpc) is 2.53. The summed E-state index contributed by atoms with van der Waals surface area (Å²) in [5.74, 6) is 1.40. The van der Waals surface area contributed by atoms with Crippen molar-refractivity contribution in [3.05, 3.63) is 18.1 Å². The molecule has 3 rings (SSSR count). The lowest BCUT2D eigenvalue weighted by Gasteiger charge is -2.50. The number of hydrogen-bond donors (Lipinski definition) is 1. The fraction of sp³-hybridized carbons (Fsp3) is 0.733. The summed E-state index contributed by atoms with van der Waals surface area (Å²) in [6.45, 7) is 3.84. The Balaban J connectivity index is 1.79. The zero-order chi connectivity index (χ0) is 17.5. The molecule has 3 heterocycles. The second kappa shape index (κ2) is 6.21. The highest BCUT2D eigenvalue weighted by atomic mass is 32.2. The molecule has 2 fully saturated rings. The second-order valence-electron chi connectivity index (χ2n) is 6.86. The van der Waals surface area contributed by atoms with Crippen molar-refractivity contribution in [1.82, 2.24) is 18.6 Å². The molecule has 2 atom stereocenters. The first-order valence-corrected chi connectivity index (χ1v) is 9.57. The molecule has 134 valence electrons. The van der Waals surface area contributed by atoms with Crippen LogP contribution >= 0.6 is 0 Å². The van der Waals surface area contributed by atoms with Crippen molar-refractivity contribution in [1.29, 1.82) is 0 Å². The van der Waals surface area contributed by atoms with Crippen LogP contribution in [0.25, 0.3) is 0 Å². The summed E-state index contributed by atoms with van der Waals surface area (Å²) in [5, 5.41) is 10.9. The van der Waals surface area contributed by atoms with Crippen molar-refractivity contribution in [3.63, 3.8) is 0 Å². The third-order valence-corrected chi connectivity index (χ3v) is 7.01. The zero-order valence-corrected chi connectivity index (χ0v) is 15.2. The van der Waals surface area contributed by atoms with Gasteiger partial charge in [-0.2, -0.15) is 17.0 Å². The van der Waals surface area contributed by atoms with Crippen molar-refractivity contribution in [2.24, 2.45) is 5.92 Å². The van der Waals surface area contributed by atoms with Gasteiger partial charge >= 0.3 is 0 Å². The highest BCUT2D eigenvalue weighted by Gasteiger charge is 2.47. The van der Waals surface area contributed by atoms with Crippen LogP contribution in [0.5, 0.6) is 0 Å². The Morgan fingerprint density at radius 1 is 1.29 bits per heavy atom. The molecular formula is C15H25N5O3S. The van der Waals surface area contributed by atoms with Gasteiger partial charge in [0.1, 0.15) is 11.6 Å². The SMILES string of the molecule is Cc1nccc(N2CC[C@]3(O)CCN(S(=O)(=O)N(C)C)C[C@@H]3C2)n1. The summed E-state index contributed by atoms with van der Waals surface area (Å²) in [7, 11) is -0.385. The number of rotatable bonds is 3. The lowest BCUT2D eigenvalue weighted by molar-refractivity contribution is -0.0695. The lowest BCUT2D eigenvalue weighted by Crippen LogP contribution is -2.61. The van der Waals surface area contributed by atoms with Crippen molar-refractivity contribution in [3.8, 4) is 0 Å². The highest BCUT2D eigenvalue weighted by Crippen LogP contribution is 2.37. The predicted octanol–water partition coefficient (Wildman–Crippen LogP) is -0.145. The molecule has 1 N–H and O–H groups in total. The predicted molar refractivity (Wildman–Crippen MR) is 90.8 cm³/mol. The summed E-state index contributed by atoms with van der Waals surface area (Å²) < 4.78 is 27.5. The molecule has 0 saturated carbocycles. The maximum absolute atomic E-state index is 12.4. The van der Waals surface area contributed by atoms with Gasteiger partial charge in [-0.25, -0.2) is 9.97 Å². The minimum absolute atomic E-state index is 0.134. The Morgan fingerprint density at radius 2 is 2.00 bits per heavy atom. The molecule has 2 aliphatic heterocycles. The average molecular weight is 355 g/mol. The molecule has 1 aromatic rings. The largest absolute Gasteiger partial charge is 0.389 e. The molecule has 0 radical (unpaired) electrons. The van der Waals surface area contributed by atoms with Crippen molar-refractivity contribution < 1.29 is 13.5 Å². The molecule has 9 heteroatoms. The van der Waals surface area contributed by atoms with Crippen LogP contribution in [0.2, 0.25) is 0 Å². The molecule has 1 aromatic heterocycles. The van der Waals surface area contributed by atoms with Crippen LogP contribution in [0, 0.1) is 12.8 Å². The number of aliphatic hydroxyl groups is 1. The summed E-state index contributed by atoms with van der Waals surface area (Å²) in [6.07, 6.45) is 2.82. The zero-order valence-electron chi connectivity index (χ0n) is 14.4. The van der Waals surface area contributed by atoms with Crippen LogP contribution in [-0.2, 0) is 10.2 Å². The monoisotopic (exact) mass is 355 g/mol. The molecule has 0 amide bonds. The van der Waals surface area contributed by atoms with E-state index < -0.39 is 15.8 Å². The van der Waals surface area contributed by atoms with Gasteiger partial charge in [-0.3, -0.25) is 0 Å². The minimum atomic E-state index is -3.45. The van der Waals surface area contributed by atoms with Gasteiger partial charge in [0.2, 0.25) is 0 Å². The first-order chi connectivity index (χ1) is 11.2. The molecule has 24 heavy (non-hydrogen) atoms. The first-order valence-electron chi connectivity index (χ1n) is 8.17. The Morgan fingerprint density at radius 3 is 2.67 bits per heavy atom. The molecule has 0 aromatic carbocycles. The van der Waals surface area contributed by atoms with Gasteiger partial charge in [0, 0.05) is 52.4 Å². The first kappa shape index (κ1) is 17.5. The normalized spacial score (nSPS) is 28.9. The van der Waals surface area contributed by atoms with E-state index in [-0.39, 0.29) is 5.92 Å². The van der Waals surface area contributed by atoms with E-state index >= 15 is 0 Å². The van der Waals surface area contributed by atoms with Gasteiger partial charge in [-0.15, -0.1) is 0 Å². The number of piperidine rings is 2. The van der Waals surface area contributed by atoms with Gasteiger partial charge < -0.3 is 10.0 Å². The van der Waals surface area contributed by atoms with Gasteiger partial charge in [0.15, 0.2) is 0 Å². The fourth-order valence-electron chi connectivity index (χ4n) is 3.54. The summed E-state index contributed by atoms with van der Waals surface area (Å²) in [4.78, 5) is 10.7. The maximum atomic E-state index is 12.4. The van der Waals surface area contributed by atoms with Gasteiger partial charge in [0.25, 0.3) is 10.2 Å². The van der Waals surface area contributed by atoms with E-state index in [4.69, 9.17) is 0 Å². The van der Waals surface area contributed by atoms with Gasteiger partial charge in [-0.05, 0) is 25.8 Å². The third kappa shape index (κ3) is 3.13. The number of aromatic nitrogens is 2. The fourth-order valence-corrected chi connectivity index (χ4v) is 4.69. The van der Waals surface area contributed by atoms with E-state index in [0.29, 0.717) is 44.8 Å². The molecule has 0 aliphatic carbocycles. The summed E-state index contributed by atoms with van der Waals surface area (Å²) in [6, 6.07) is 1.86. The number of fused-ring (bicyclic) bond motifs is 1. The van der Waals surface area contributed by atoms with Crippen LogP contribution in [0.4, 0.5) is 5.82 Å².